The molecule has 29 heavy (non-hydrogen) atoms. The van der Waals surface area contributed by atoms with Crippen LogP contribution in [0.25, 0.3) is 10.9 Å². The number of hydrogen-bond donors (Lipinski definition) is 1. The summed E-state index contributed by atoms with van der Waals surface area (Å²) in [7, 11) is 0. The largest absolute Gasteiger partial charge is 0.368 e. The number of aryl methyl sites for hydroxylation is 1. The van der Waals surface area contributed by atoms with Gasteiger partial charge in [0.1, 0.15) is 10.1 Å². The van der Waals surface area contributed by atoms with Gasteiger partial charge >= 0.3 is 0 Å². The molecule has 1 saturated heterocycles. The molecule has 0 amide bonds. The van der Waals surface area contributed by atoms with E-state index in [4.69, 9.17) is 12.2 Å². The number of aromatic nitrogens is 2. The average molecular weight is 425 g/mol. The zero-order valence-corrected chi connectivity index (χ0v) is 18.1. The summed E-state index contributed by atoms with van der Waals surface area (Å²) in [6, 6.07) is 16.4. The Morgan fingerprint density at radius 2 is 1.90 bits per heavy atom. The second-order valence-corrected chi connectivity index (χ2v) is 8.69. The Morgan fingerprint density at radius 3 is 2.62 bits per heavy atom. The van der Waals surface area contributed by atoms with Crippen molar-refractivity contribution < 1.29 is 0 Å². The van der Waals surface area contributed by atoms with E-state index >= 15 is 0 Å². The topological polar surface area (TPSA) is 52.2 Å². The van der Waals surface area contributed by atoms with Gasteiger partial charge in [0.25, 0.3) is 5.56 Å². The SMILES string of the molecule is CCc1nc2ccc(CSC(=S)N3CCN(c4ccccc4)CC3)cc2c(=O)[nH]1. The molecule has 4 rings (SSSR count). The number of anilines is 1. The first-order valence-corrected chi connectivity index (χ1v) is 11.3. The Morgan fingerprint density at radius 1 is 1.14 bits per heavy atom. The lowest BCUT2D eigenvalue weighted by atomic mass is 10.1. The lowest BCUT2D eigenvalue weighted by Crippen LogP contribution is -2.47. The van der Waals surface area contributed by atoms with Crippen molar-refractivity contribution in [3.05, 3.63) is 70.3 Å². The minimum absolute atomic E-state index is 0.0710. The van der Waals surface area contributed by atoms with Gasteiger partial charge in [0.15, 0.2) is 0 Å². The Balaban J connectivity index is 1.35. The number of para-hydroxylation sites is 1. The van der Waals surface area contributed by atoms with E-state index in [1.807, 2.05) is 31.2 Å². The quantitative estimate of drug-likeness (QED) is 0.643. The maximum Gasteiger partial charge on any atom is 0.258 e. The van der Waals surface area contributed by atoms with Crippen molar-refractivity contribution in [3.8, 4) is 0 Å². The second-order valence-electron chi connectivity index (χ2n) is 7.08. The van der Waals surface area contributed by atoms with Crippen molar-refractivity contribution in [2.24, 2.45) is 0 Å². The number of H-pyrrole nitrogens is 1. The van der Waals surface area contributed by atoms with Crippen LogP contribution in [0.2, 0.25) is 0 Å². The van der Waals surface area contributed by atoms with Gasteiger partial charge in [-0.05, 0) is 29.8 Å². The van der Waals surface area contributed by atoms with Gasteiger partial charge < -0.3 is 14.8 Å². The fraction of sp³-hybridized carbons (Fsp3) is 0.318. The van der Waals surface area contributed by atoms with Crippen LogP contribution >= 0.6 is 24.0 Å². The van der Waals surface area contributed by atoms with E-state index < -0.39 is 0 Å². The molecule has 0 radical (unpaired) electrons. The molecule has 150 valence electrons. The van der Waals surface area contributed by atoms with Crippen molar-refractivity contribution in [1.29, 1.82) is 0 Å². The van der Waals surface area contributed by atoms with Gasteiger partial charge in [0, 0.05) is 44.0 Å². The third-order valence-corrected chi connectivity index (χ3v) is 6.77. The Bertz CT molecular complexity index is 1060. The van der Waals surface area contributed by atoms with Crippen molar-refractivity contribution in [1.82, 2.24) is 14.9 Å². The molecule has 0 saturated carbocycles. The predicted octanol–water partition coefficient (Wildman–Crippen LogP) is 3.83. The standard InChI is InChI=1S/C22H24N4OS2/c1-2-20-23-19-9-8-16(14-18(19)21(27)24-20)15-29-22(28)26-12-10-25(11-13-26)17-6-4-3-5-7-17/h3-9,14H,2,10-13,15H2,1H3,(H,23,24,27). The molecule has 1 aliphatic rings. The number of rotatable bonds is 4. The van der Waals surface area contributed by atoms with Gasteiger partial charge in [0.05, 0.1) is 10.9 Å². The smallest absolute Gasteiger partial charge is 0.258 e. The van der Waals surface area contributed by atoms with Crippen LogP contribution in [0.15, 0.2) is 53.3 Å². The van der Waals surface area contributed by atoms with E-state index in [1.165, 1.54) is 5.69 Å². The molecule has 1 aliphatic heterocycles. The summed E-state index contributed by atoms with van der Waals surface area (Å²) in [4.78, 5) is 24.3. The maximum absolute atomic E-state index is 12.3. The molecular formula is C22H24N4OS2. The van der Waals surface area contributed by atoms with Gasteiger partial charge in [-0.3, -0.25) is 4.79 Å². The summed E-state index contributed by atoms with van der Waals surface area (Å²) in [5.41, 5.74) is 3.04. The molecule has 0 spiro atoms. The molecule has 1 aromatic heterocycles. The minimum Gasteiger partial charge on any atom is -0.368 e. The molecule has 5 nitrogen and oxygen atoms in total. The van der Waals surface area contributed by atoms with Crippen molar-refractivity contribution in [3.63, 3.8) is 0 Å². The van der Waals surface area contributed by atoms with E-state index in [0.29, 0.717) is 11.8 Å². The summed E-state index contributed by atoms with van der Waals surface area (Å²) in [6.07, 6.45) is 0.717. The molecule has 0 unspecified atom stereocenters. The third-order valence-electron chi connectivity index (χ3n) is 5.18. The summed E-state index contributed by atoms with van der Waals surface area (Å²) in [6.45, 7) is 5.79. The highest BCUT2D eigenvalue weighted by molar-refractivity contribution is 8.22. The first kappa shape index (κ1) is 19.9. The fourth-order valence-corrected chi connectivity index (χ4v) is 4.71. The lowest BCUT2D eigenvalue weighted by molar-refractivity contribution is 0.397. The zero-order valence-electron chi connectivity index (χ0n) is 16.4. The number of hydrogen-bond acceptors (Lipinski definition) is 5. The summed E-state index contributed by atoms with van der Waals surface area (Å²) < 4.78 is 0.922. The number of aromatic amines is 1. The van der Waals surface area contributed by atoms with Crippen LogP contribution in [0.1, 0.15) is 18.3 Å². The van der Waals surface area contributed by atoms with Crippen LogP contribution in [0.4, 0.5) is 5.69 Å². The highest BCUT2D eigenvalue weighted by atomic mass is 32.2. The van der Waals surface area contributed by atoms with Crippen molar-refractivity contribution in [2.45, 2.75) is 19.1 Å². The van der Waals surface area contributed by atoms with E-state index in [1.54, 1.807) is 11.8 Å². The third kappa shape index (κ3) is 4.62. The number of thioether (sulfide) groups is 1. The average Bonchev–Trinajstić information content (AvgIpc) is 2.78. The Hall–Kier alpha value is -2.38. The molecule has 0 bridgehead atoms. The van der Waals surface area contributed by atoms with Crippen LogP contribution in [-0.2, 0) is 12.2 Å². The number of nitrogens with one attached hydrogen (secondary N) is 1. The van der Waals surface area contributed by atoms with Gasteiger partial charge in [-0.25, -0.2) is 4.98 Å². The van der Waals surface area contributed by atoms with Crippen LogP contribution in [0.3, 0.4) is 0 Å². The highest BCUT2D eigenvalue weighted by Crippen LogP contribution is 2.22. The van der Waals surface area contributed by atoms with Gasteiger partial charge in [-0.15, -0.1) is 0 Å². The molecule has 2 heterocycles. The molecular weight excluding hydrogens is 400 g/mol. The number of benzene rings is 2. The Labute approximate surface area is 180 Å². The molecule has 1 fully saturated rings. The molecule has 7 heteroatoms. The summed E-state index contributed by atoms with van der Waals surface area (Å²) in [5.74, 6) is 1.48. The predicted molar refractivity (Wildman–Crippen MR) is 126 cm³/mol. The first-order valence-electron chi connectivity index (χ1n) is 9.87. The molecule has 3 aromatic rings. The van der Waals surface area contributed by atoms with E-state index in [2.05, 4.69) is 44.0 Å². The Kier molecular flexibility index (Phi) is 6.16. The number of nitrogens with zero attached hydrogens (tertiary/aromatic N) is 3. The lowest BCUT2D eigenvalue weighted by Gasteiger charge is -2.37. The van der Waals surface area contributed by atoms with Crippen molar-refractivity contribution >= 4 is 44.9 Å². The summed E-state index contributed by atoms with van der Waals surface area (Å²) >= 11 is 7.33. The maximum atomic E-state index is 12.3. The molecule has 2 aromatic carbocycles. The van der Waals surface area contributed by atoms with Crippen LogP contribution in [0.5, 0.6) is 0 Å². The van der Waals surface area contributed by atoms with Crippen molar-refractivity contribution in [2.75, 3.05) is 31.1 Å². The van der Waals surface area contributed by atoms with E-state index in [-0.39, 0.29) is 5.56 Å². The highest BCUT2D eigenvalue weighted by Gasteiger charge is 2.19. The fourth-order valence-electron chi connectivity index (χ4n) is 3.51. The number of thiocarbonyl (C=S) groups is 1. The first-order chi connectivity index (χ1) is 14.1. The zero-order chi connectivity index (χ0) is 20.2. The minimum atomic E-state index is -0.0710. The van der Waals surface area contributed by atoms with Crippen LogP contribution in [-0.4, -0.2) is 45.4 Å². The van der Waals surface area contributed by atoms with E-state index in [9.17, 15) is 4.79 Å². The van der Waals surface area contributed by atoms with Crippen LogP contribution in [0, 0.1) is 0 Å². The van der Waals surface area contributed by atoms with E-state index in [0.717, 1.165) is 53.2 Å². The van der Waals surface area contributed by atoms with Gasteiger partial charge in [0.2, 0.25) is 0 Å². The van der Waals surface area contributed by atoms with Crippen LogP contribution < -0.4 is 10.5 Å². The number of piperazine rings is 1. The molecule has 0 aliphatic carbocycles. The second kappa shape index (κ2) is 8.97. The summed E-state index contributed by atoms with van der Waals surface area (Å²) in [5, 5.41) is 0.641. The molecule has 1 N–H and O–H groups in total. The normalized spacial score (nSPS) is 14.4. The monoisotopic (exact) mass is 424 g/mol. The van der Waals surface area contributed by atoms with Gasteiger partial charge in [-0.2, -0.15) is 0 Å². The van der Waals surface area contributed by atoms with Gasteiger partial charge in [-0.1, -0.05) is 55.2 Å². The molecule has 0 atom stereocenters. The number of fused-ring (bicyclic) bond motifs is 1.